The summed E-state index contributed by atoms with van der Waals surface area (Å²) in [6.07, 6.45) is 0. The van der Waals surface area contributed by atoms with E-state index in [0.717, 1.165) is 0 Å². The number of hydrogen-bond acceptors (Lipinski definition) is 3. The predicted octanol–water partition coefficient (Wildman–Crippen LogP) is 1.37. The molecule has 0 N–H and O–H groups in total. The van der Waals surface area contributed by atoms with E-state index in [1.54, 1.807) is 11.8 Å². The molecule has 0 aliphatic carbocycles. The lowest BCUT2D eigenvalue weighted by atomic mass is 9.96. The van der Waals surface area contributed by atoms with Crippen LogP contribution >= 0.6 is 12.6 Å². The summed E-state index contributed by atoms with van der Waals surface area (Å²) in [5, 5.41) is 0. The number of urea groups is 1. The molecule has 1 heterocycles. The van der Waals surface area contributed by atoms with Crippen LogP contribution in [0.15, 0.2) is 0 Å². The van der Waals surface area contributed by atoms with E-state index in [1.807, 2.05) is 20.8 Å². The van der Waals surface area contributed by atoms with Crippen LogP contribution in [0.4, 0.5) is 4.79 Å². The second kappa shape index (κ2) is 3.40. The van der Waals surface area contributed by atoms with Gasteiger partial charge in [-0.2, -0.15) is 12.6 Å². The zero-order chi connectivity index (χ0) is 12.0. The van der Waals surface area contributed by atoms with Crippen LogP contribution in [0.3, 0.4) is 0 Å². The zero-order valence-corrected chi connectivity index (χ0v) is 10.8. The van der Waals surface area contributed by atoms with E-state index >= 15 is 0 Å². The smallest absolute Gasteiger partial charge is 0.304 e. The molecule has 0 radical (unpaired) electrons. The lowest BCUT2D eigenvalue weighted by Crippen LogP contribution is -2.56. The zero-order valence-electron chi connectivity index (χ0n) is 9.87. The number of rotatable bonds is 1. The highest BCUT2D eigenvalue weighted by molar-refractivity contribution is 7.80. The van der Waals surface area contributed by atoms with Crippen LogP contribution in [0.5, 0.6) is 0 Å². The maximum absolute atomic E-state index is 11.9. The van der Waals surface area contributed by atoms with Crippen molar-refractivity contribution in [2.75, 3.05) is 12.8 Å². The maximum atomic E-state index is 11.9. The fourth-order valence-electron chi connectivity index (χ4n) is 2.07. The predicted molar refractivity (Wildman–Crippen MR) is 62.0 cm³/mol. The van der Waals surface area contributed by atoms with E-state index in [9.17, 15) is 9.59 Å². The van der Waals surface area contributed by atoms with Crippen molar-refractivity contribution in [1.29, 1.82) is 0 Å². The van der Waals surface area contributed by atoms with Crippen LogP contribution in [-0.4, -0.2) is 45.6 Å². The van der Waals surface area contributed by atoms with Gasteiger partial charge in [0, 0.05) is 18.3 Å². The van der Waals surface area contributed by atoms with E-state index in [4.69, 9.17) is 0 Å². The summed E-state index contributed by atoms with van der Waals surface area (Å²) in [6, 6.07) is -0.246. The van der Waals surface area contributed by atoms with Gasteiger partial charge >= 0.3 is 6.03 Å². The number of amides is 3. The fraction of sp³-hybridized carbons (Fsp3) is 0.800. The number of hydrogen-bond donors (Lipinski definition) is 1. The molecular formula is C10H18N2O2S. The van der Waals surface area contributed by atoms with Crippen LogP contribution < -0.4 is 0 Å². The Kier molecular flexibility index (Phi) is 2.80. The molecule has 3 amide bonds. The van der Waals surface area contributed by atoms with E-state index in [0.29, 0.717) is 5.75 Å². The molecule has 0 spiro atoms. The van der Waals surface area contributed by atoms with Crippen molar-refractivity contribution in [3.63, 3.8) is 0 Å². The van der Waals surface area contributed by atoms with Crippen LogP contribution in [0.1, 0.15) is 27.7 Å². The van der Waals surface area contributed by atoms with Gasteiger partial charge in [0.1, 0.15) is 5.54 Å². The Morgan fingerprint density at radius 1 is 1.33 bits per heavy atom. The molecule has 86 valence electrons. The molecule has 0 aromatic heterocycles. The third kappa shape index (κ3) is 1.62. The summed E-state index contributed by atoms with van der Waals surface area (Å²) < 4.78 is 0. The van der Waals surface area contributed by atoms with Gasteiger partial charge in [-0.15, -0.1) is 0 Å². The normalized spacial score (nSPS) is 27.9. The topological polar surface area (TPSA) is 40.6 Å². The van der Waals surface area contributed by atoms with Crippen molar-refractivity contribution in [3.8, 4) is 0 Å². The number of nitrogens with zero attached hydrogens (tertiary/aromatic N) is 2. The highest BCUT2D eigenvalue weighted by atomic mass is 32.1. The SMILES string of the molecule is CN1C(=O)N(C(C)(C)C)C(C)(CS)C1=O. The molecule has 5 heteroatoms. The molecule has 0 bridgehead atoms. The number of carbonyl (C=O) groups excluding carboxylic acids is 2. The number of imide groups is 1. The lowest BCUT2D eigenvalue weighted by molar-refractivity contribution is -0.131. The van der Waals surface area contributed by atoms with Gasteiger partial charge in [0.2, 0.25) is 0 Å². The molecule has 15 heavy (non-hydrogen) atoms. The summed E-state index contributed by atoms with van der Waals surface area (Å²) >= 11 is 4.19. The molecule has 0 saturated carbocycles. The number of thiol groups is 1. The first-order valence-corrected chi connectivity index (χ1v) is 5.53. The Morgan fingerprint density at radius 3 is 2.07 bits per heavy atom. The monoisotopic (exact) mass is 230 g/mol. The lowest BCUT2D eigenvalue weighted by Gasteiger charge is -2.40. The van der Waals surface area contributed by atoms with E-state index < -0.39 is 5.54 Å². The molecule has 4 nitrogen and oxygen atoms in total. The summed E-state index contributed by atoms with van der Waals surface area (Å²) in [4.78, 5) is 26.6. The number of likely N-dealkylation sites (N-methyl/N-ethyl adjacent to an activating group) is 1. The average Bonchev–Trinajstić information content (AvgIpc) is 2.28. The molecule has 1 unspecified atom stereocenters. The summed E-state index contributed by atoms with van der Waals surface area (Å²) in [6.45, 7) is 7.51. The van der Waals surface area contributed by atoms with Crippen molar-refractivity contribution < 1.29 is 9.59 Å². The van der Waals surface area contributed by atoms with Gasteiger partial charge in [-0.05, 0) is 27.7 Å². The third-order valence-corrected chi connectivity index (χ3v) is 3.33. The Morgan fingerprint density at radius 2 is 1.80 bits per heavy atom. The van der Waals surface area contributed by atoms with Crippen molar-refractivity contribution in [3.05, 3.63) is 0 Å². The molecule has 1 rings (SSSR count). The molecule has 0 aromatic rings. The largest absolute Gasteiger partial charge is 0.327 e. The summed E-state index contributed by atoms with van der Waals surface area (Å²) in [7, 11) is 1.51. The van der Waals surface area contributed by atoms with Crippen molar-refractivity contribution in [1.82, 2.24) is 9.80 Å². The summed E-state index contributed by atoms with van der Waals surface area (Å²) in [5.41, 5.74) is -1.21. The summed E-state index contributed by atoms with van der Waals surface area (Å²) in [5.74, 6) is 0.150. The average molecular weight is 230 g/mol. The Bertz CT molecular complexity index is 311. The minimum absolute atomic E-state index is 0.183. The van der Waals surface area contributed by atoms with Gasteiger partial charge in [0.15, 0.2) is 0 Å². The second-order valence-corrected chi connectivity index (χ2v) is 5.40. The second-order valence-electron chi connectivity index (χ2n) is 5.08. The van der Waals surface area contributed by atoms with Crippen LogP contribution in [-0.2, 0) is 4.79 Å². The highest BCUT2D eigenvalue weighted by Gasteiger charge is 2.55. The Balaban J connectivity index is 3.25. The minimum Gasteiger partial charge on any atom is -0.304 e. The van der Waals surface area contributed by atoms with Gasteiger partial charge in [-0.3, -0.25) is 9.69 Å². The molecule has 1 atom stereocenters. The molecule has 1 saturated heterocycles. The van der Waals surface area contributed by atoms with Crippen LogP contribution in [0.25, 0.3) is 0 Å². The van der Waals surface area contributed by atoms with Crippen LogP contribution in [0.2, 0.25) is 0 Å². The van der Waals surface area contributed by atoms with Gasteiger partial charge in [-0.25, -0.2) is 4.79 Å². The van der Waals surface area contributed by atoms with Gasteiger partial charge < -0.3 is 4.90 Å². The maximum Gasteiger partial charge on any atom is 0.327 e. The molecular weight excluding hydrogens is 212 g/mol. The molecule has 0 aromatic carbocycles. The van der Waals surface area contributed by atoms with E-state index in [1.165, 1.54) is 11.9 Å². The first kappa shape index (κ1) is 12.4. The standard InChI is InChI=1S/C10H18N2O2S/c1-9(2,3)12-8(14)11(5)7(13)10(12,4)6-15/h15H,6H2,1-5H3. The van der Waals surface area contributed by atoms with Crippen LogP contribution in [0, 0.1) is 0 Å². The minimum atomic E-state index is -0.826. The first-order chi connectivity index (χ1) is 6.66. The quantitative estimate of drug-likeness (QED) is 0.546. The van der Waals surface area contributed by atoms with Gasteiger partial charge in [-0.1, -0.05) is 0 Å². The third-order valence-electron chi connectivity index (χ3n) is 2.72. The molecule has 1 fully saturated rings. The Labute approximate surface area is 96.0 Å². The first-order valence-electron chi connectivity index (χ1n) is 4.89. The van der Waals surface area contributed by atoms with Gasteiger partial charge in [0.25, 0.3) is 5.91 Å². The van der Waals surface area contributed by atoms with Crippen molar-refractivity contribution in [2.24, 2.45) is 0 Å². The number of carbonyl (C=O) groups is 2. The van der Waals surface area contributed by atoms with Crippen molar-refractivity contribution in [2.45, 2.75) is 38.8 Å². The van der Waals surface area contributed by atoms with Gasteiger partial charge in [0.05, 0.1) is 0 Å². The molecule has 1 aliphatic heterocycles. The Hall–Kier alpha value is -0.710. The fourth-order valence-corrected chi connectivity index (χ4v) is 2.35. The highest BCUT2D eigenvalue weighted by Crippen LogP contribution is 2.34. The van der Waals surface area contributed by atoms with E-state index in [-0.39, 0.29) is 17.5 Å². The molecule has 1 aliphatic rings. The van der Waals surface area contributed by atoms with E-state index in [2.05, 4.69) is 12.6 Å². The van der Waals surface area contributed by atoms with Crippen molar-refractivity contribution >= 4 is 24.6 Å².